The van der Waals surface area contributed by atoms with Gasteiger partial charge in [0.25, 0.3) is 0 Å². The molecule has 0 nitrogen and oxygen atoms in total. The fraction of sp³-hybridized carbons (Fsp3) is 0.143. The fourth-order valence-electron chi connectivity index (χ4n) is 1.84. The molecule has 0 unspecified atom stereocenters. The molecule has 0 atom stereocenters. The van der Waals surface area contributed by atoms with Gasteiger partial charge in [0.15, 0.2) is 0 Å². The van der Waals surface area contributed by atoms with Gasteiger partial charge < -0.3 is 0 Å². The van der Waals surface area contributed by atoms with Gasteiger partial charge in [-0.3, -0.25) is 0 Å². The summed E-state index contributed by atoms with van der Waals surface area (Å²) in [6, 6.07) is 9.62. The lowest BCUT2D eigenvalue weighted by atomic mass is 9.99. The van der Waals surface area contributed by atoms with Crippen LogP contribution in [0, 0.1) is 12.7 Å². The van der Waals surface area contributed by atoms with Crippen LogP contribution in [0.1, 0.15) is 11.1 Å². The minimum atomic E-state index is -4.38. The van der Waals surface area contributed by atoms with Crippen molar-refractivity contribution >= 4 is 0 Å². The molecule has 4 heteroatoms. The molecular formula is C14H10F4. The van der Waals surface area contributed by atoms with Gasteiger partial charge in [-0.15, -0.1) is 0 Å². The molecule has 2 aromatic rings. The van der Waals surface area contributed by atoms with Crippen LogP contribution in [0.25, 0.3) is 11.1 Å². The van der Waals surface area contributed by atoms with E-state index in [1.54, 1.807) is 6.07 Å². The summed E-state index contributed by atoms with van der Waals surface area (Å²) in [5.74, 6) is -0.448. The quantitative estimate of drug-likeness (QED) is 0.640. The maximum Gasteiger partial charge on any atom is 0.416 e. The second kappa shape index (κ2) is 4.44. The third-order valence-electron chi connectivity index (χ3n) is 2.72. The van der Waals surface area contributed by atoms with Gasteiger partial charge in [-0.2, -0.15) is 13.2 Å². The Morgan fingerprint density at radius 2 is 1.61 bits per heavy atom. The van der Waals surface area contributed by atoms with Crippen molar-refractivity contribution in [2.24, 2.45) is 0 Å². The lowest BCUT2D eigenvalue weighted by molar-refractivity contribution is -0.138. The van der Waals surface area contributed by atoms with E-state index >= 15 is 0 Å². The van der Waals surface area contributed by atoms with Crippen molar-refractivity contribution in [2.45, 2.75) is 13.1 Å². The molecule has 0 aliphatic rings. The molecule has 0 amide bonds. The zero-order valence-electron chi connectivity index (χ0n) is 9.55. The van der Waals surface area contributed by atoms with Gasteiger partial charge >= 0.3 is 6.18 Å². The maximum absolute atomic E-state index is 13.5. The van der Waals surface area contributed by atoms with E-state index in [0.717, 1.165) is 6.07 Å². The van der Waals surface area contributed by atoms with Gasteiger partial charge in [0.05, 0.1) is 5.56 Å². The topological polar surface area (TPSA) is 0 Å². The second-order valence-corrected chi connectivity index (χ2v) is 4.01. The Morgan fingerprint density at radius 3 is 2.17 bits per heavy atom. The minimum absolute atomic E-state index is 0.0863. The number of aryl methyl sites for hydroxylation is 1. The van der Waals surface area contributed by atoms with Crippen LogP contribution in [-0.4, -0.2) is 0 Å². The van der Waals surface area contributed by atoms with E-state index in [2.05, 4.69) is 0 Å². The Bertz CT molecular complexity index is 570. The first-order valence-electron chi connectivity index (χ1n) is 5.32. The standard InChI is InChI=1S/C14H10F4/c1-9-8-10(6-7-12(9)14(16,17)18)11-4-2-3-5-13(11)15/h2-8H,1H3. The number of halogens is 4. The summed E-state index contributed by atoms with van der Waals surface area (Å²) in [6.45, 7) is 1.37. The zero-order chi connectivity index (χ0) is 13.3. The molecule has 0 spiro atoms. The molecule has 0 radical (unpaired) electrons. The summed E-state index contributed by atoms with van der Waals surface area (Å²) in [5, 5.41) is 0. The van der Waals surface area contributed by atoms with E-state index in [-0.39, 0.29) is 5.56 Å². The molecule has 2 rings (SSSR count). The summed E-state index contributed by atoms with van der Waals surface area (Å²) < 4.78 is 51.3. The highest BCUT2D eigenvalue weighted by Crippen LogP contribution is 2.34. The average Bonchev–Trinajstić information content (AvgIpc) is 2.27. The normalized spacial score (nSPS) is 11.6. The van der Waals surface area contributed by atoms with E-state index in [9.17, 15) is 17.6 Å². The summed E-state index contributed by atoms with van der Waals surface area (Å²) in [5.41, 5.74) is 0.138. The second-order valence-electron chi connectivity index (χ2n) is 4.01. The Morgan fingerprint density at radius 1 is 0.944 bits per heavy atom. The van der Waals surface area contributed by atoms with Crippen LogP contribution in [0.3, 0.4) is 0 Å². The first kappa shape index (κ1) is 12.6. The molecule has 0 N–H and O–H groups in total. The summed E-state index contributed by atoms with van der Waals surface area (Å²) in [7, 11) is 0. The number of hydrogen-bond acceptors (Lipinski definition) is 0. The van der Waals surface area contributed by atoms with Crippen molar-refractivity contribution in [3.8, 4) is 11.1 Å². The van der Waals surface area contributed by atoms with Gasteiger partial charge in [-0.1, -0.05) is 30.3 Å². The van der Waals surface area contributed by atoms with E-state index < -0.39 is 17.6 Å². The van der Waals surface area contributed by atoms with Crippen LogP contribution in [0.2, 0.25) is 0 Å². The van der Waals surface area contributed by atoms with E-state index in [4.69, 9.17) is 0 Å². The van der Waals surface area contributed by atoms with Gasteiger partial charge in [0.2, 0.25) is 0 Å². The molecule has 0 aliphatic carbocycles. The van der Waals surface area contributed by atoms with Gasteiger partial charge in [-0.25, -0.2) is 4.39 Å². The molecule has 0 heterocycles. The highest BCUT2D eigenvalue weighted by molar-refractivity contribution is 5.65. The molecule has 0 saturated carbocycles. The Kier molecular flexibility index (Phi) is 3.11. The van der Waals surface area contributed by atoms with Crippen LogP contribution in [0.5, 0.6) is 0 Å². The van der Waals surface area contributed by atoms with Crippen molar-refractivity contribution in [3.63, 3.8) is 0 Å². The molecule has 0 aromatic heterocycles. The van der Waals surface area contributed by atoms with Crippen LogP contribution in [0.4, 0.5) is 17.6 Å². The van der Waals surface area contributed by atoms with E-state index in [1.165, 1.54) is 37.3 Å². The molecule has 94 valence electrons. The molecule has 0 aliphatic heterocycles. The average molecular weight is 254 g/mol. The Hall–Kier alpha value is -1.84. The first-order valence-corrected chi connectivity index (χ1v) is 5.32. The molecule has 2 aromatic carbocycles. The highest BCUT2D eigenvalue weighted by Gasteiger charge is 2.32. The molecule has 0 fully saturated rings. The summed E-state index contributed by atoms with van der Waals surface area (Å²) in [4.78, 5) is 0. The minimum Gasteiger partial charge on any atom is -0.206 e. The monoisotopic (exact) mass is 254 g/mol. The van der Waals surface area contributed by atoms with E-state index in [0.29, 0.717) is 11.1 Å². The fourth-order valence-corrected chi connectivity index (χ4v) is 1.84. The highest BCUT2D eigenvalue weighted by atomic mass is 19.4. The lowest BCUT2D eigenvalue weighted by Crippen LogP contribution is -2.07. The van der Waals surface area contributed by atoms with Crippen LogP contribution in [-0.2, 0) is 6.18 Å². The van der Waals surface area contributed by atoms with Crippen molar-refractivity contribution in [3.05, 3.63) is 59.4 Å². The number of alkyl halides is 3. The van der Waals surface area contributed by atoms with Gasteiger partial charge in [0.1, 0.15) is 5.82 Å². The SMILES string of the molecule is Cc1cc(-c2ccccc2F)ccc1C(F)(F)F. The van der Waals surface area contributed by atoms with Crippen molar-refractivity contribution in [2.75, 3.05) is 0 Å². The Balaban J connectivity index is 2.51. The largest absolute Gasteiger partial charge is 0.416 e. The first-order chi connectivity index (χ1) is 8.39. The summed E-state index contributed by atoms with van der Waals surface area (Å²) in [6.07, 6.45) is -4.38. The predicted molar refractivity (Wildman–Crippen MR) is 61.6 cm³/mol. The van der Waals surface area contributed by atoms with Crippen molar-refractivity contribution < 1.29 is 17.6 Å². The molecule has 18 heavy (non-hydrogen) atoms. The molecular weight excluding hydrogens is 244 g/mol. The van der Waals surface area contributed by atoms with Crippen molar-refractivity contribution in [1.82, 2.24) is 0 Å². The Labute approximate surface area is 102 Å². The third-order valence-corrected chi connectivity index (χ3v) is 2.72. The van der Waals surface area contributed by atoms with Crippen LogP contribution >= 0.6 is 0 Å². The van der Waals surface area contributed by atoms with E-state index in [1.807, 2.05) is 0 Å². The molecule has 0 bridgehead atoms. The predicted octanol–water partition coefficient (Wildman–Crippen LogP) is 4.82. The smallest absolute Gasteiger partial charge is 0.206 e. The lowest BCUT2D eigenvalue weighted by Gasteiger charge is -2.12. The van der Waals surface area contributed by atoms with Crippen LogP contribution in [0.15, 0.2) is 42.5 Å². The van der Waals surface area contributed by atoms with Crippen molar-refractivity contribution in [1.29, 1.82) is 0 Å². The number of benzene rings is 2. The zero-order valence-corrected chi connectivity index (χ0v) is 9.55. The van der Waals surface area contributed by atoms with Gasteiger partial charge in [0, 0.05) is 5.56 Å². The van der Waals surface area contributed by atoms with Crippen LogP contribution < -0.4 is 0 Å². The summed E-state index contributed by atoms with van der Waals surface area (Å²) >= 11 is 0. The third kappa shape index (κ3) is 2.37. The number of rotatable bonds is 1. The number of hydrogen-bond donors (Lipinski definition) is 0. The van der Waals surface area contributed by atoms with Gasteiger partial charge in [-0.05, 0) is 30.2 Å². The molecule has 0 saturated heterocycles. The maximum atomic E-state index is 13.5.